The number of β-amino-alcohol motifs (C(OH)–C–C–N with tert-alkyl or cyclic N) is 1. The van der Waals surface area contributed by atoms with Crippen LogP contribution in [0.4, 0.5) is 11.8 Å². The molecule has 0 aliphatic carbocycles. The first kappa shape index (κ1) is 18.9. The first-order valence-corrected chi connectivity index (χ1v) is 10.6. The molecule has 1 aromatic heterocycles. The second kappa shape index (κ2) is 8.29. The monoisotopic (exact) mass is 375 g/mol. The highest BCUT2D eigenvalue weighted by atomic mass is 16.5. The molecule has 150 valence electrons. The van der Waals surface area contributed by atoms with Crippen molar-refractivity contribution in [3.8, 4) is 0 Å². The van der Waals surface area contributed by atoms with Crippen LogP contribution in [0.1, 0.15) is 38.3 Å². The van der Waals surface area contributed by atoms with Crippen molar-refractivity contribution in [2.45, 2.75) is 44.6 Å². The average molecular weight is 376 g/mol. The molecule has 0 bridgehead atoms. The zero-order valence-electron chi connectivity index (χ0n) is 16.6. The lowest BCUT2D eigenvalue weighted by Gasteiger charge is -2.34. The van der Waals surface area contributed by atoms with Gasteiger partial charge in [0.05, 0.1) is 18.8 Å². The fourth-order valence-corrected chi connectivity index (χ4v) is 4.43. The fraction of sp³-hybridized carbons (Fsp3) is 0.800. The summed E-state index contributed by atoms with van der Waals surface area (Å²) in [6, 6.07) is 2.09. The molecule has 7 nitrogen and oxygen atoms in total. The topological polar surface area (TPSA) is 65.0 Å². The third-order valence-electron chi connectivity index (χ3n) is 6.03. The molecular weight excluding hydrogens is 342 g/mol. The molecule has 1 N–H and O–H groups in total. The Morgan fingerprint density at radius 1 is 1.04 bits per heavy atom. The Bertz CT molecular complexity index is 631. The van der Waals surface area contributed by atoms with E-state index in [9.17, 15) is 5.11 Å². The summed E-state index contributed by atoms with van der Waals surface area (Å²) in [6.45, 7) is 9.81. The van der Waals surface area contributed by atoms with Crippen molar-refractivity contribution >= 4 is 11.8 Å². The number of ether oxygens (including phenoxy) is 1. The Morgan fingerprint density at radius 2 is 1.81 bits per heavy atom. The molecule has 1 aromatic rings. The van der Waals surface area contributed by atoms with Crippen LogP contribution in [0, 0.1) is 0 Å². The smallest absolute Gasteiger partial charge is 0.227 e. The normalized spacial score (nSPS) is 27.3. The molecule has 1 atom stereocenters. The van der Waals surface area contributed by atoms with Crippen LogP contribution in [-0.4, -0.2) is 84.6 Å². The summed E-state index contributed by atoms with van der Waals surface area (Å²) in [5, 5.41) is 11.2. The van der Waals surface area contributed by atoms with Gasteiger partial charge in [0.25, 0.3) is 0 Å². The van der Waals surface area contributed by atoms with Crippen LogP contribution in [0.25, 0.3) is 0 Å². The van der Waals surface area contributed by atoms with Crippen molar-refractivity contribution < 1.29 is 9.84 Å². The van der Waals surface area contributed by atoms with Crippen molar-refractivity contribution in [3.63, 3.8) is 0 Å². The number of anilines is 2. The number of hydrogen-bond acceptors (Lipinski definition) is 7. The Hall–Kier alpha value is -1.44. The van der Waals surface area contributed by atoms with E-state index in [2.05, 4.69) is 27.7 Å². The number of aliphatic hydroxyl groups is 1. The molecule has 0 amide bonds. The fourth-order valence-electron chi connectivity index (χ4n) is 4.43. The predicted octanol–water partition coefficient (Wildman–Crippen LogP) is 1.30. The highest BCUT2D eigenvalue weighted by molar-refractivity contribution is 5.48. The largest absolute Gasteiger partial charge is 0.387 e. The Kier molecular flexibility index (Phi) is 5.80. The quantitative estimate of drug-likeness (QED) is 0.832. The molecule has 0 radical (unpaired) electrons. The molecule has 4 rings (SSSR count). The van der Waals surface area contributed by atoms with Gasteiger partial charge in [-0.3, -0.25) is 0 Å². The molecule has 3 aliphatic heterocycles. The maximum absolute atomic E-state index is 11.2. The van der Waals surface area contributed by atoms with Crippen molar-refractivity contribution in [3.05, 3.63) is 11.8 Å². The van der Waals surface area contributed by atoms with Crippen LogP contribution in [0.5, 0.6) is 0 Å². The van der Waals surface area contributed by atoms with E-state index in [0.29, 0.717) is 6.54 Å². The second-order valence-corrected chi connectivity index (χ2v) is 8.20. The number of aryl methyl sites for hydroxylation is 1. The number of hydrogen-bond donors (Lipinski definition) is 1. The van der Waals surface area contributed by atoms with Gasteiger partial charge >= 0.3 is 0 Å². The third-order valence-corrected chi connectivity index (χ3v) is 6.03. The molecule has 3 aliphatic rings. The summed E-state index contributed by atoms with van der Waals surface area (Å²) >= 11 is 0. The van der Waals surface area contributed by atoms with Gasteiger partial charge in [-0.15, -0.1) is 0 Å². The molecule has 7 heteroatoms. The van der Waals surface area contributed by atoms with Crippen LogP contribution in [0.3, 0.4) is 0 Å². The van der Waals surface area contributed by atoms with Gasteiger partial charge in [0.1, 0.15) is 5.82 Å². The number of likely N-dealkylation sites (tertiary alicyclic amines) is 1. The predicted molar refractivity (Wildman–Crippen MR) is 107 cm³/mol. The van der Waals surface area contributed by atoms with Crippen molar-refractivity contribution in [2.24, 2.45) is 0 Å². The maximum atomic E-state index is 11.2. The molecule has 27 heavy (non-hydrogen) atoms. The SMILES string of the molecule is CCc1cc(N2CC[C@@](O)(CN3CCCCC3)C2)nc(N2CCOCC2)n1. The number of morpholine rings is 1. The van der Waals surface area contributed by atoms with E-state index in [0.717, 1.165) is 82.8 Å². The molecule has 4 heterocycles. The van der Waals surface area contributed by atoms with Gasteiger partial charge in [0.15, 0.2) is 0 Å². The highest BCUT2D eigenvalue weighted by Crippen LogP contribution is 2.29. The summed E-state index contributed by atoms with van der Waals surface area (Å²) in [6.07, 6.45) is 5.54. The molecular formula is C20H33N5O2. The summed E-state index contributed by atoms with van der Waals surface area (Å²) in [7, 11) is 0. The summed E-state index contributed by atoms with van der Waals surface area (Å²) in [4.78, 5) is 16.5. The Labute approximate surface area is 162 Å². The molecule has 3 fully saturated rings. The van der Waals surface area contributed by atoms with E-state index in [1.165, 1.54) is 19.3 Å². The molecule has 3 saturated heterocycles. The van der Waals surface area contributed by atoms with Crippen LogP contribution < -0.4 is 9.80 Å². The van der Waals surface area contributed by atoms with Gasteiger partial charge in [-0.25, -0.2) is 4.98 Å². The highest BCUT2D eigenvalue weighted by Gasteiger charge is 2.38. The van der Waals surface area contributed by atoms with Gasteiger partial charge in [0, 0.05) is 44.5 Å². The van der Waals surface area contributed by atoms with E-state index in [1.54, 1.807) is 0 Å². The van der Waals surface area contributed by atoms with Crippen LogP contribution >= 0.6 is 0 Å². The third kappa shape index (κ3) is 4.52. The molecule has 0 spiro atoms. The first-order chi connectivity index (χ1) is 13.1. The van der Waals surface area contributed by atoms with Gasteiger partial charge in [-0.05, 0) is 38.8 Å². The minimum atomic E-state index is -0.631. The summed E-state index contributed by atoms with van der Waals surface area (Å²) in [5.41, 5.74) is 0.432. The number of piperidine rings is 1. The van der Waals surface area contributed by atoms with Gasteiger partial charge in [-0.2, -0.15) is 4.98 Å². The van der Waals surface area contributed by atoms with Crippen LogP contribution in [-0.2, 0) is 11.2 Å². The number of nitrogens with zero attached hydrogens (tertiary/aromatic N) is 5. The van der Waals surface area contributed by atoms with E-state index in [4.69, 9.17) is 14.7 Å². The van der Waals surface area contributed by atoms with Crippen LogP contribution in [0.15, 0.2) is 6.07 Å². The summed E-state index contributed by atoms with van der Waals surface area (Å²) in [5.74, 6) is 1.76. The first-order valence-electron chi connectivity index (χ1n) is 10.6. The molecule has 0 saturated carbocycles. The van der Waals surface area contributed by atoms with Crippen molar-refractivity contribution in [1.82, 2.24) is 14.9 Å². The molecule has 0 unspecified atom stereocenters. The molecule has 0 aromatic carbocycles. The van der Waals surface area contributed by atoms with E-state index >= 15 is 0 Å². The van der Waals surface area contributed by atoms with Crippen molar-refractivity contribution in [2.75, 3.05) is 68.8 Å². The summed E-state index contributed by atoms with van der Waals surface area (Å²) < 4.78 is 5.46. The zero-order chi connectivity index (χ0) is 18.7. The van der Waals surface area contributed by atoms with E-state index in [1.807, 2.05) is 0 Å². The van der Waals surface area contributed by atoms with Gasteiger partial charge in [0.2, 0.25) is 5.95 Å². The van der Waals surface area contributed by atoms with Crippen LogP contribution in [0.2, 0.25) is 0 Å². The number of rotatable bonds is 5. The second-order valence-electron chi connectivity index (χ2n) is 8.20. The number of aromatic nitrogens is 2. The standard InChI is InChI=1S/C20H33N5O2/c1-2-17-14-18(22-19(21-17)24-10-12-27-13-11-24)25-9-6-20(26,16-25)15-23-7-4-3-5-8-23/h14,26H,2-13,15-16H2,1H3/t20-/m1/s1. The maximum Gasteiger partial charge on any atom is 0.227 e. The zero-order valence-corrected chi connectivity index (χ0v) is 16.6. The average Bonchev–Trinajstić information content (AvgIpc) is 3.10. The Morgan fingerprint density at radius 3 is 2.56 bits per heavy atom. The lowest BCUT2D eigenvalue weighted by Crippen LogP contribution is -2.46. The lowest BCUT2D eigenvalue weighted by atomic mass is 10.0. The Balaban J connectivity index is 1.47. The minimum Gasteiger partial charge on any atom is -0.387 e. The van der Waals surface area contributed by atoms with Gasteiger partial charge in [-0.1, -0.05) is 13.3 Å². The van der Waals surface area contributed by atoms with Gasteiger partial charge < -0.3 is 24.5 Å². The van der Waals surface area contributed by atoms with E-state index < -0.39 is 5.60 Å². The minimum absolute atomic E-state index is 0.631. The lowest BCUT2D eigenvalue weighted by molar-refractivity contribution is 0.0169. The van der Waals surface area contributed by atoms with Crippen molar-refractivity contribution in [1.29, 1.82) is 0 Å². The van der Waals surface area contributed by atoms with E-state index in [-0.39, 0.29) is 0 Å².